The third-order valence-electron chi connectivity index (χ3n) is 3.01. The number of benzene rings is 2. The molecule has 0 amide bonds. The fraction of sp³-hybridized carbons (Fsp3) is 0. The molecule has 0 saturated carbocycles. The van der Waals surface area contributed by atoms with Gasteiger partial charge in [0.15, 0.2) is 0 Å². The Bertz CT molecular complexity index is 656. The van der Waals surface area contributed by atoms with Crippen molar-refractivity contribution in [2.45, 2.75) is 0 Å². The zero-order valence-electron chi connectivity index (χ0n) is 10.0. The molecule has 94 valence electrons. The van der Waals surface area contributed by atoms with Gasteiger partial charge >= 0.3 is 0 Å². The van der Waals surface area contributed by atoms with Crippen LogP contribution < -0.4 is 0 Å². The number of aromatic amines is 1. The van der Waals surface area contributed by atoms with Gasteiger partial charge in [-0.15, -0.1) is 0 Å². The van der Waals surface area contributed by atoms with Gasteiger partial charge in [-0.2, -0.15) is 0 Å². The van der Waals surface area contributed by atoms with Crippen LogP contribution >= 0.6 is 31.9 Å². The number of aromatic nitrogens is 1. The molecule has 19 heavy (non-hydrogen) atoms. The Morgan fingerprint density at radius 2 is 1.00 bits per heavy atom. The monoisotopic (exact) mass is 375 g/mol. The molecule has 0 atom stereocenters. The molecule has 1 nitrogen and oxygen atoms in total. The maximum absolute atomic E-state index is 3.58. The highest BCUT2D eigenvalue weighted by Crippen LogP contribution is 2.32. The molecule has 0 fully saturated rings. The van der Waals surface area contributed by atoms with Crippen molar-refractivity contribution in [1.82, 2.24) is 4.98 Å². The number of H-pyrrole nitrogens is 1. The van der Waals surface area contributed by atoms with E-state index in [2.05, 4.69) is 61.1 Å². The lowest BCUT2D eigenvalue weighted by Crippen LogP contribution is -1.82. The quantitative estimate of drug-likeness (QED) is 0.575. The molecule has 0 saturated heterocycles. The van der Waals surface area contributed by atoms with Crippen LogP contribution in [0, 0.1) is 0 Å². The predicted octanol–water partition coefficient (Wildman–Crippen LogP) is 5.87. The van der Waals surface area contributed by atoms with Crippen LogP contribution in [0.3, 0.4) is 0 Å². The Labute approximate surface area is 128 Å². The Kier molecular flexibility index (Phi) is 3.58. The lowest BCUT2D eigenvalue weighted by Gasteiger charge is -2.03. The lowest BCUT2D eigenvalue weighted by atomic mass is 10.1. The van der Waals surface area contributed by atoms with Crippen LogP contribution in [0.1, 0.15) is 0 Å². The minimum Gasteiger partial charge on any atom is -0.354 e. The van der Waals surface area contributed by atoms with Gasteiger partial charge in [0.1, 0.15) is 0 Å². The van der Waals surface area contributed by atoms with Crippen molar-refractivity contribution in [3.63, 3.8) is 0 Å². The van der Waals surface area contributed by atoms with E-state index in [1.165, 1.54) is 11.1 Å². The number of rotatable bonds is 2. The summed E-state index contributed by atoms with van der Waals surface area (Å²) < 4.78 is 2.19. The lowest BCUT2D eigenvalue weighted by molar-refractivity contribution is 1.38. The predicted molar refractivity (Wildman–Crippen MR) is 87.1 cm³/mol. The molecule has 3 heteroatoms. The molecule has 0 aliphatic carbocycles. The Morgan fingerprint density at radius 1 is 0.579 bits per heavy atom. The summed E-state index contributed by atoms with van der Waals surface area (Å²) in [6, 6.07) is 20.6. The summed E-state index contributed by atoms with van der Waals surface area (Å²) >= 11 is 7.17. The van der Waals surface area contributed by atoms with Gasteiger partial charge in [0, 0.05) is 31.5 Å². The molecule has 1 heterocycles. The summed E-state index contributed by atoms with van der Waals surface area (Å²) in [4.78, 5) is 3.47. The Hall–Kier alpha value is -1.32. The van der Waals surface area contributed by atoms with Crippen molar-refractivity contribution in [3.8, 4) is 22.5 Å². The van der Waals surface area contributed by atoms with Gasteiger partial charge in [0.25, 0.3) is 0 Å². The molecule has 3 rings (SSSR count). The van der Waals surface area contributed by atoms with E-state index in [1.807, 2.05) is 36.4 Å². The van der Waals surface area contributed by atoms with Crippen LogP contribution in [0.15, 0.2) is 69.6 Å². The third-order valence-corrected chi connectivity index (χ3v) is 4.40. The van der Waals surface area contributed by atoms with Gasteiger partial charge in [-0.25, -0.2) is 0 Å². The summed E-state index contributed by atoms with van der Waals surface area (Å²) in [6.45, 7) is 0. The summed E-state index contributed by atoms with van der Waals surface area (Å²) in [5, 5.41) is 0. The molecule has 0 bridgehead atoms. The molecule has 0 aliphatic heterocycles. The summed E-state index contributed by atoms with van der Waals surface area (Å²) in [5.74, 6) is 0. The summed E-state index contributed by atoms with van der Waals surface area (Å²) in [5.41, 5.74) is 4.55. The molecule has 0 unspecified atom stereocenters. The number of hydrogen-bond donors (Lipinski definition) is 1. The van der Waals surface area contributed by atoms with E-state index in [1.54, 1.807) is 0 Å². The number of nitrogens with one attached hydrogen (secondary N) is 1. The zero-order valence-corrected chi connectivity index (χ0v) is 13.2. The van der Waals surface area contributed by atoms with Crippen molar-refractivity contribution in [2.75, 3.05) is 0 Å². The highest BCUT2D eigenvalue weighted by molar-refractivity contribution is 9.11. The molecular formula is C16H11Br2N. The van der Waals surface area contributed by atoms with Crippen molar-refractivity contribution in [1.29, 1.82) is 0 Å². The zero-order chi connectivity index (χ0) is 13.2. The first kappa shape index (κ1) is 12.7. The van der Waals surface area contributed by atoms with Gasteiger partial charge in [0.05, 0.1) is 0 Å². The minimum atomic E-state index is 1.09. The van der Waals surface area contributed by atoms with E-state index < -0.39 is 0 Å². The first-order chi connectivity index (χ1) is 9.25. The minimum absolute atomic E-state index is 1.09. The van der Waals surface area contributed by atoms with Crippen molar-refractivity contribution in [2.24, 2.45) is 0 Å². The fourth-order valence-corrected chi connectivity index (χ4v) is 3.07. The highest BCUT2D eigenvalue weighted by Gasteiger charge is 2.08. The molecule has 0 spiro atoms. The van der Waals surface area contributed by atoms with Crippen LogP contribution in [-0.4, -0.2) is 4.98 Å². The van der Waals surface area contributed by atoms with Crippen LogP contribution in [0.4, 0.5) is 0 Å². The van der Waals surface area contributed by atoms with Crippen molar-refractivity contribution < 1.29 is 0 Å². The SMILES string of the molecule is Brc1ccccc1-c1ccc(-c2ccccc2Br)[nH]1. The average Bonchev–Trinajstić information content (AvgIpc) is 2.89. The average molecular weight is 377 g/mol. The van der Waals surface area contributed by atoms with Crippen LogP contribution in [0.5, 0.6) is 0 Å². The van der Waals surface area contributed by atoms with Gasteiger partial charge in [0.2, 0.25) is 0 Å². The van der Waals surface area contributed by atoms with Crippen molar-refractivity contribution >= 4 is 31.9 Å². The molecule has 1 aromatic heterocycles. The first-order valence-corrected chi connectivity index (χ1v) is 7.53. The fourth-order valence-electron chi connectivity index (χ4n) is 2.07. The maximum Gasteiger partial charge on any atom is 0.0470 e. The second kappa shape index (κ2) is 5.35. The molecule has 1 N–H and O–H groups in total. The second-order valence-corrected chi connectivity index (χ2v) is 5.95. The second-order valence-electron chi connectivity index (χ2n) is 4.25. The highest BCUT2D eigenvalue weighted by atomic mass is 79.9. The summed E-state index contributed by atoms with van der Waals surface area (Å²) in [6.07, 6.45) is 0. The van der Waals surface area contributed by atoms with Gasteiger partial charge in [-0.05, 0) is 24.3 Å². The smallest absolute Gasteiger partial charge is 0.0470 e. The topological polar surface area (TPSA) is 15.8 Å². The van der Waals surface area contributed by atoms with Crippen LogP contribution in [0.2, 0.25) is 0 Å². The molecule has 0 radical (unpaired) electrons. The van der Waals surface area contributed by atoms with Crippen LogP contribution in [0.25, 0.3) is 22.5 Å². The third kappa shape index (κ3) is 2.53. The maximum atomic E-state index is 3.58. The van der Waals surface area contributed by atoms with Gasteiger partial charge in [-0.1, -0.05) is 68.3 Å². The number of halogens is 2. The van der Waals surface area contributed by atoms with E-state index in [4.69, 9.17) is 0 Å². The molecule has 2 aromatic carbocycles. The Morgan fingerprint density at radius 3 is 1.42 bits per heavy atom. The van der Waals surface area contributed by atoms with Crippen molar-refractivity contribution in [3.05, 3.63) is 69.6 Å². The normalized spacial score (nSPS) is 10.6. The first-order valence-electron chi connectivity index (χ1n) is 5.94. The van der Waals surface area contributed by atoms with Gasteiger partial charge < -0.3 is 4.98 Å². The number of hydrogen-bond acceptors (Lipinski definition) is 0. The van der Waals surface area contributed by atoms with E-state index in [9.17, 15) is 0 Å². The van der Waals surface area contributed by atoms with Crippen LogP contribution in [-0.2, 0) is 0 Å². The van der Waals surface area contributed by atoms with E-state index in [-0.39, 0.29) is 0 Å². The van der Waals surface area contributed by atoms with E-state index in [0.717, 1.165) is 20.3 Å². The van der Waals surface area contributed by atoms with Gasteiger partial charge in [-0.3, -0.25) is 0 Å². The molecular weight excluding hydrogens is 366 g/mol. The molecule has 0 aliphatic rings. The van der Waals surface area contributed by atoms with E-state index >= 15 is 0 Å². The molecule has 3 aromatic rings. The summed E-state index contributed by atoms with van der Waals surface area (Å²) in [7, 11) is 0. The standard InChI is InChI=1S/C16H11Br2N/c17-13-7-3-1-5-11(13)15-9-10-16(19-15)12-6-2-4-8-14(12)18/h1-10,19H. The Balaban J connectivity index is 2.06. The van der Waals surface area contributed by atoms with E-state index in [0.29, 0.717) is 0 Å². The largest absolute Gasteiger partial charge is 0.354 e.